The third-order valence-electron chi connectivity index (χ3n) is 11.0. The number of aromatic carboxylic acids is 1. The molecule has 8 rings (SSSR count). The van der Waals surface area contributed by atoms with Crippen molar-refractivity contribution in [3.05, 3.63) is 143 Å². The summed E-state index contributed by atoms with van der Waals surface area (Å²) in [5.41, 5.74) is 11.2. The molecule has 2 aliphatic heterocycles. The van der Waals surface area contributed by atoms with E-state index in [0.29, 0.717) is 53.1 Å². The maximum atomic E-state index is 13.4. The standard InChI is InChI=1S/C24H26N4O4.C22H21N3O5.C2H7N/c1-3-25-23(30)16-6-4-5-15(9-16)21-11-19(29)14-28(21)24(31)17-7-8-20(22(10-17)32-2)18-12-26-27-13-18;1-30-20-8-14(5-6-18(20)16-10-23-24-11-16)21(27)25-12-17(26)9-19(25)13-3-2-4-15(7-13)22(28)29;1-2-3/h4-10,12-13,19,21,29H,3,11,14H2,1-2H3,(H,25,30)(H,26,27);2-8,10-11,17,19,26H,9,12H2,1H3,(H,23,24)(H,28,29);2-3H2,1H3/t19?,21-;17?,19-;/m11./s1. The molecule has 2 aliphatic rings. The van der Waals surface area contributed by atoms with E-state index < -0.39 is 24.2 Å². The maximum absolute atomic E-state index is 13.4. The molecule has 340 valence electrons. The lowest BCUT2D eigenvalue weighted by molar-refractivity contribution is 0.0693. The van der Waals surface area contributed by atoms with E-state index in [1.807, 2.05) is 26.0 Å². The summed E-state index contributed by atoms with van der Waals surface area (Å²) in [6.07, 6.45) is 6.29. The Bertz CT molecular complexity index is 2570. The van der Waals surface area contributed by atoms with Crippen LogP contribution in [0.5, 0.6) is 11.5 Å². The number of carbonyl (C=O) groups excluding carboxylic acids is 3. The van der Waals surface area contributed by atoms with Crippen LogP contribution in [0, 0.1) is 0 Å². The number of carboxylic acid groups (broad SMARTS) is 1. The summed E-state index contributed by atoms with van der Waals surface area (Å²) in [6, 6.07) is 23.4. The van der Waals surface area contributed by atoms with Crippen molar-refractivity contribution in [2.45, 2.75) is 51.0 Å². The molecule has 17 heteroatoms. The van der Waals surface area contributed by atoms with Crippen LogP contribution in [0.3, 0.4) is 0 Å². The molecule has 2 aromatic heterocycles. The highest BCUT2D eigenvalue weighted by Crippen LogP contribution is 2.38. The lowest BCUT2D eigenvalue weighted by atomic mass is 10.00. The number of ether oxygens (including phenoxy) is 2. The second-order valence-electron chi connectivity index (χ2n) is 15.4. The van der Waals surface area contributed by atoms with Crippen molar-refractivity contribution in [2.75, 3.05) is 40.4 Å². The average molecular weight is 887 g/mol. The predicted molar refractivity (Wildman–Crippen MR) is 243 cm³/mol. The van der Waals surface area contributed by atoms with Crippen molar-refractivity contribution < 1.29 is 44.0 Å². The fourth-order valence-corrected chi connectivity index (χ4v) is 7.99. The molecule has 0 aliphatic carbocycles. The first-order valence-electron chi connectivity index (χ1n) is 21.1. The number of carbonyl (C=O) groups is 4. The van der Waals surface area contributed by atoms with Gasteiger partial charge in [0.05, 0.1) is 56.5 Å². The summed E-state index contributed by atoms with van der Waals surface area (Å²) in [7, 11) is 3.09. The van der Waals surface area contributed by atoms with Crippen LogP contribution in [0.1, 0.15) is 91.3 Å². The number of carboxylic acids is 1. The second-order valence-corrected chi connectivity index (χ2v) is 15.4. The molecule has 17 nitrogen and oxygen atoms in total. The number of H-pyrrole nitrogens is 2. The molecule has 65 heavy (non-hydrogen) atoms. The van der Waals surface area contributed by atoms with E-state index in [2.05, 4.69) is 25.7 Å². The fraction of sp³-hybridized carbons (Fsp3) is 0.292. The normalized spacial score (nSPS) is 17.6. The average Bonchev–Trinajstić information content (AvgIpc) is 4.18. The lowest BCUT2D eigenvalue weighted by Crippen LogP contribution is -2.32. The number of aliphatic hydroxyl groups is 2. The minimum Gasteiger partial charge on any atom is -0.496 e. The van der Waals surface area contributed by atoms with Crippen molar-refractivity contribution in [2.24, 2.45) is 5.73 Å². The number of rotatable bonds is 11. The van der Waals surface area contributed by atoms with Gasteiger partial charge in [-0.25, -0.2) is 4.79 Å². The van der Waals surface area contributed by atoms with Gasteiger partial charge in [-0.05, 0) is 98.1 Å². The van der Waals surface area contributed by atoms with Gasteiger partial charge in [-0.2, -0.15) is 10.2 Å². The number of hydrogen-bond donors (Lipinski definition) is 7. The summed E-state index contributed by atoms with van der Waals surface area (Å²) in [4.78, 5) is 53.5. The molecule has 6 aromatic rings. The number of nitrogens with one attached hydrogen (secondary N) is 3. The Hall–Kier alpha value is -7.34. The summed E-state index contributed by atoms with van der Waals surface area (Å²) in [6.45, 7) is 5.45. The van der Waals surface area contributed by atoms with Crippen molar-refractivity contribution in [1.82, 2.24) is 35.5 Å². The highest BCUT2D eigenvalue weighted by Gasteiger charge is 2.37. The summed E-state index contributed by atoms with van der Waals surface area (Å²) < 4.78 is 11.0. The van der Waals surface area contributed by atoms with Crippen LogP contribution in [-0.2, 0) is 0 Å². The summed E-state index contributed by atoms with van der Waals surface area (Å²) >= 11 is 0. The molecule has 4 aromatic carbocycles. The third kappa shape index (κ3) is 11.1. The molecular formula is C48H54N8O9. The molecule has 4 atom stereocenters. The molecule has 2 fully saturated rings. The summed E-state index contributed by atoms with van der Waals surface area (Å²) in [5, 5.41) is 46.1. The Morgan fingerprint density at radius 2 is 1.14 bits per heavy atom. The predicted octanol–water partition coefficient (Wildman–Crippen LogP) is 5.48. The van der Waals surface area contributed by atoms with Crippen molar-refractivity contribution >= 4 is 23.7 Å². The number of aromatic amines is 2. The minimum atomic E-state index is -1.03. The fourth-order valence-electron chi connectivity index (χ4n) is 7.99. The highest BCUT2D eigenvalue weighted by molar-refractivity contribution is 5.97. The van der Waals surface area contributed by atoms with Crippen LogP contribution in [0.15, 0.2) is 110 Å². The van der Waals surface area contributed by atoms with Gasteiger partial charge >= 0.3 is 5.97 Å². The third-order valence-corrected chi connectivity index (χ3v) is 11.0. The Morgan fingerprint density at radius 3 is 1.54 bits per heavy atom. The largest absolute Gasteiger partial charge is 0.496 e. The second kappa shape index (κ2) is 21.8. The van der Waals surface area contributed by atoms with Gasteiger partial charge in [0.1, 0.15) is 11.5 Å². The molecule has 2 unspecified atom stereocenters. The van der Waals surface area contributed by atoms with E-state index in [0.717, 1.165) is 34.4 Å². The smallest absolute Gasteiger partial charge is 0.335 e. The van der Waals surface area contributed by atoms with E-state index >= 15 is 0 Å². The number of aromatic nitrogens is 4. The first-order valence-corrected chi connectivity index (χ1v) is 21.1. The van der Waals surface area contributed by atoms with Crippen LogP contribution in [0.4, 0.5) is 0 Å². The van der Waals surface area contributed by atoms with E-state index in [4.69, 9.17) is 15.2 Å². The molecule has 8 N–H and O–H groups in total. The first-order chi connectivity index (χ1) is 31.4. The van der Waals surface area contributed by atoms with Gasteiger partial charge in [-0.1, -0.05) is 31.2 Å². The summed E-state index contributed by atoms with van der Waals surface area (Å²) in [5.74, 6) is -0.558. The maximum Gasteiger partial charge on any atom is 0.335 e. The van der Waals surface area contributed by atoms with Gasteiger partial charge in [0, 0.05) is 71.0 Å². The Kier molecular flexibility index (Phi) is 15.8. The van der Waals surface area contributed by atoms with Gasteiger partial charge in [-0.15, -0.1) is 0 Å². The Morgan fingerprint density at radius 1 is 0.692 bits per heavy atom. The number of hydrogen-bond acceptors (Lipinski definition) is 11. The number of benzene rings is 4. The van der Waals surface area contributed by atoms with Crippen molar-refractivity contribution in [3.8, 4) is 33.8 Å². The molecule has 0 bridgehead atoms. The number of nitrogens with zero attached hydrogens (tertiary/aromatic N) is 4. The number of likely N-dealkylation sites (tertiary alicyclic amines) is 2. The Balaban J connectivity index is 0.000000204. The molecular weight excluding hydrogens is 833 g/mol. The molecule has 4 heterocycles. The zero-order chi connectivity index (χ0) is 46.6. The van der Waals surface area contributed by atoms with E-state index in [9.17, 15) is 34.5 Å². The molecule has 2 saturated heterocycles. The van der Waals surface area contributed by atoms with Crippen LogP contribution in [0.2, 0.25) is 0 Å². The van der Waals surface area contributed by atoms with Crippen LogP contribution in [0.25, 0.3) is 22.3 Å². The van der Waals surface area contributed by atoms with Gasteiger partial charge < -0.3 is 45.6 Å². The molecule has 3 amide bonds. The zero-order valence-electron chi connectivity index (χ0n) is 36.6. The SMILES string of the molecule is CCN.CCNC(=O)c1cccc([C@H]2CC(O)CN2C(=O)c2ccc(-c3cn[nH]c3)c(OC)c2)c1.COc1cc(C(=O)N2CC(O)C[C@@H]2c2cccc(C(=O)O)c2)ccc1-c1cn[nH]c1. The van der Waals surface area contributed by atoms with Crippen LogP contribution in [-0.4, -0.2) is 122 Å². The van der Waals surface area contributed by atoms with E-state index in [-0.39, 0.29) is 42.4 Å². The lowest BCUT2D eigenvalue weighted by Gasteiger charge is -2.25. The van der Waals surface area contributed by atoms with Gasteiger partial charge in [0.25, 0.3) is 17.7 Å². The minimum absolute atomic E-state index is 0.146. The van der Waals surface area contributed by atoms with E-state index in [1.54, 1.807) is 108 Å². The van der Waals surface area contributed by atoms with Gasteiger partial charge in [0.2, 0.25) is 0 Å². The topological polar surface area (TPSA) is 249 Å². The number of β-amino-alcohol motifs (C(OH)–C–C–N with tert-alkyl or cyclic N) is 2. The number of nitrogens with two attached hydrogens (primary N) is 1. The first kappa shape index (κ1) is 47.1. The zero-order valence-corrected chi connectivity index (χ0v) is 36.6. The Labute approximate surface area is 376 Å². The highest BCUT2D eigenvalue weighted by atomic mass is 16.5. The van der Waals surface area contributed by atoms with Crippen LogP contribution < -0.4 is 20.5 Å². The van der Waals surface area contributed by atoms with Gasteiger partial charge in [-0.3, -0.25) is 24.6 Å². The monoisotopic (exact) mass is 886 g/mol. The molecule has 0 saturated carbocycles. The van der Waals surface area contributed by atoms with E-state index in [1.165, 1.54) is 13.2 Å². The molecule has 0 spiro atoms. The van der Waals surface area contributed by atoms with Crippen molar-refractivity contribution in [1.29, 1.82) is 0 Å². The number of amides is 3. The van der Waals surface area contributed by atoms with Crippen LogP contribution >= 0.6 is 0 Å². The number of aliphatic hydroxyl groups excluding tert-OH is 2. The number of methoxy groups -OCH3 is 2. The van der Waals surface area contributed by atoms with Gasteiger partial charge in [0.15, 0.2) is 0 Å². The van der Waals surface area contributed by atoms with Crippen molar-refractivity contribution in [3.63, 3.8) is 0 Å². The quantitative estimate of drug-likeness (QED) is 0.0855. The molecule has 0 radical (unpaired) electrons.